The minimum absolute atomic E-state index is 0.0735. The van der Waals surface area contributed by atoms with Crippen molar-refractivity contribution >= 4 is 17.4 Å². The number of aromatic nitrogens is 1. The van der Waals surface area contributed by atoms with E-state index >= 15 is 0 Å². The van der Waals surface area contributed by atoms with Gasteiger partial charge in [-0.15, -0.1) is 0 Å². The highest BCUT2D eigenvalue weighted by atomic mass is 35.5. The van der Waals surface area contributed by atoms with Crippen LogP contribution in [0.2, 0.25) is 5.02 Å². The highest BCUT2D eigenvalue weighted by Gasteiger charge is 2.20. The standard InChI is InChI=1S/C15H14ClNO2/c1-2-14(15(18)11-5-4-8-17-10-11)19-13-7-3-6-12(16)9-13/h3-10,14H,2H2,1H3. The van der Waals surface area contributed by atoms with Crippen molar-refractivity contribution in [2.45, 2.75) is 19.4 Å². The monoisotopic (exact) mass is 275 g/mol. The first-order valence-corrected chi connectivity index (χ1v) is 6.45. The molecule has 0 aliphatic carbocycles. The molecule has 0 radical (unpaired) electrons. The molecule has 0 bridgehead atoms. The number of Topliss-reactive ketones (excluding diaryl/α,β-unsaturated/α-hetero) is 1. The predicted molar refractivity (Wildman–Crippen MR) is 74.7 cm³/mol. The van der Waals surface area contributed by atoms with Gasteiger partial charge in [-0.2, -0.15) is 0 Å². The van der Waals surface area contributed by atoms with E-state index in [1.54, 1.807) is 48.8 Å². The van der Waals surface area contributed by atoms with E-state index in [2.05, 4.69) is 4.98 Å². The van der Waals surface area contributed by atoms with Gasteiger partial charge in [0.2, 0.25) is 5.78 Å². The third-order valence-corrected chi connectivity index (χ3v) is 2.92. The van der Waals surface area contributed by atoms with Crippen molar-refractivity contribution in [1.29, 1.82) is 0 Å². The predicted octanol–water partition coefficient (Wildman–Crippen LogP) is 3.78. The van der Waals surface area contributed by atoms with Crippen molar-refractivity contribution < 1.29 is 9.53 Å². The van der Waals surface area contributed by atoms with Crippen LogP contribution >= 0.6 is 11.6 Å². The van der Waals surface area contributed by atoms with Gasteiger partial charge in [-0.3, -0.25) is 9.78 Å². The Bertz CT molecular complexity index is 557. The highest BCUT2D eigenvalue weighted by Crippen LogP contribution is 2.20. The van der Waals surface area contributed by atoms with E-state index in [-0.39, 0.29) is 5.78 Å². The number of nitrogens with zero attached hydrogens (tertiary/aromatic N) is 1. The summed E-state index contributed by atoms with van der Waals surface area (Å²) in [6.07, 6.45) is 3.24. The number of hydrogen-bond acceptors (Lipinski definition) is 3. The number of rotatable bonds is 5. The quantitative estimate of drug-likeness (QED) is 0.780. The third kappa shape index (κ3) is 3.55. The van der Waals surface area contributed by atoms with Crippen molar-refractivity contribution in [3.05, 3.63) is 59.4 Å². The van der Waals surface area contributed by atoms with Crippen LogP contribution in [-0.2, 0) is 0 Å². The number of ketones is 1. The Morgan fingerprint density at radius 1 is 1.37 bits per heavy atom. The largest absolute Gasteiger partial charge is 0.482 e. The molecular weight excluding hydrogens is 262 g/mol. The SMILES string of the molecule is CCC(Oc1cccc(Cl)c1)C(=O)c1cccnc1. The Labute approximate surface area is 117 Å². The lowest BCUT2D eigenvalue weighted by molar-refractivity contribution is 0.0786. The van der Waals surface area contributed by atoms with Crippen LogP contribution in [0.1, 0.15) is 23.7 Å². The molecule has 2 aromatic rings. The second kappa shape index (κ2) is 6.34. The van der Waals surface area contributed by atoms with Crippen molar-refractivity contribution in [3.63, 3.8) is 0 Å². The molecule has 1 unspecified atom stereocenters. The average Bonchev–Trinajstić information content (AvgIpc) is 2.45. The Balaban J connectivity index is 2.15. The van der Waals surface area contributed by atoms with E-state index in [0.717, 1.165) is 0 Å². The van der Waals surface area contributed by atoms with Gasteiger partial charge in [0.25, 0.3) is 0 Å². The first kappa shape index (κ1) is 13.6. The molecule has 0 aliphatic heterocycles. The van der Waals surface area contributed by atoms with Crippen LogP contribution in [-0.4, -0.2) is 16.9 Å². The van der Waals surface area contributed by atoms with Gasteiger partial charge in [-0.1, -0.05) is 24.6 Å². The second-order valence-corrected chi connectivity index (χ2v) is 4.51. The van der Waals surface area contributed by atoms with E-state index in [0.29, 0.717) is 22.8 Å². The summed E-state index contributed by atoms with van der Waals surface area (Å²) >= 11 is 5.89. The number of pyridine rings is 1. The van der Waals surface area contributed by atoms with Crippen molar-refractivity contribution in [2.75, 3.05) is 0 Å². The molecule has 1 aromatic heterocycles. The van der Waals surface area contributed by atoms with E-state index in [9.17, 15) is 4.79 Å². The molecule has 1 aromatic carbocycles. The molecule has 0 spiro atoms. The van der Waals surface area contributed by atoms with Crippen LogP contribution in [0.25, 0.3) is 0 Å². The maximum atomic E-state index is 12.3. The van der Waals surface area contributed by atoms with Gasteiger partial charge in [0.15, 0.2) is 6.10 Å². The zero-order valence-corrected chi connectivity index (χ0v) is 11.3. The van der Waals surface area contributed by atoms with Gasteiger partial charge in [-0.25, -0.2) is 0 Å². The van der Waals surface area contributed by atoms with E-state index in [4.69, 9.17) is 16.3 Å². The summed E-state index contributed by atoms with van der Waals surface area (Å²) in [5.41, 5.74) is 0.552. The number of carbonyl (C=O) groups is 1. The molecular formula is C15H14ClNO2. The molecule has 2 rings (SSSR count). The number of halogens is 1. The van der Waals surface area contributed by atoms with E-state index in [1.165, 1.54) is 0 Å². The minimum Gasteiger partial charge on any atom is -0.482 e. The first-order valence-electron chi connectivity index (χ1n) is 6.07. The Morgan fingerprint density at radius 3 is 2.84 bits per heavy atom. The Kier molecular flexibility index (Phi) is 4.53. The van der Waals surface area contributed by atoms with Gasteiger partial charge in [0, 0.05) is 23.0 Å². The fraction of sp³-hybridized carbons (Fsp3) is 0.200. The molecule has 4 heteroatoms. The van der Waals surface area contributed by atoms with Crippen LogP contribution in [0.5, 0.6) is 5.75 Å². The molecule has 19 heavy (non-hydrogen) atoms. The van der Waals surface area contributed by atoms with Crippen LogP contribution in [0.15, 0.2) is 48.8 Å². The smallest absolute Gasteiger partial charge is 0.204 e. The molecule has 1 atom stereocenters. The Hall–Kier alpha value is -1.87. The topological polar surface area (TPSA) is 39.2 Å². The number of carbonyl (C=O) groups excluding carboxylic acids is 1. The van der Waals surface area contributed by atoms with Crippen LogP contribution < -0.4 is 4.74 Å². The zero-order chi connectivity index (χ0) is 13.7. The number of ether oxygens (including phenoxy) is 1. The summed E-state index contributed by atoms with van der Waals surface area (Å²) in [7, 11) is 0. The van der Waals surface area contributed by atoms with Gasteiger partial charge in [-0.05, 0) is 36.8 Å². The number of benzene rings is 1. The van der Waals surface area contributed by atoms with Crippen LogP contribution in [0.4, 0.5) is 0 Å². The lowest BCUT2D eigenvalue weighted by Crippen LogP contribution is -2.26. The molecule has 0 aliphatic rings. The Morgan fingerprint density at radius 2 is 2.21 bits per heavy atom. The fourth-order valence-electron chi connectivity index (χ4n) is 1.72. The lowest BCUT2D eigenvalue weighted by atomic mass is 10.1. The molecule has 1 heterocycles. The second-order valence-electron chi connectivity index (χ2n) is 4.08. The minimum atomic E-state index is -0.525. The summed E-state index contributed by atoms with van der Waals surface area (Å²) in [6.45, 7) is 1.91. The van der Waals surface area contributed by atoms with Gasteiger partial charge < -0.3 is 4.74 Å². The van der Waals surface area contributed by atoms with E-state index in [1.807, 2.05) is 6.92 Å². The van der Waals surface area contributed by atoms with Gasteiger partial charge in [0.1, 0.15) is 5.75 Å². The highest BCUT2D eigenvalue weighted by molar-refractivity contribution is 6.30. The third-order valence-electron chi connectivity index (χ3n) is 2.68. The number of hydrogen-bond donors (Lipinski definition) is 0. The summed E-state index contributed by atoms with van der Waals surface area (Å²) in [5.74, 6) is 0.521. The van der Waals surface area contributed by atoms with Crippen molar-refractivity contribution in [1.82, 2.24) is 4.98 Å². The maximum Gasteiger partial charge on any atom is 0.204 e. The maximum absolute atomic E-state index is 12.3. The summed E-state index contributed by atoms with van der Waals surface area (Å²) < 4.78 is 5.70. The van der Waals surface area contributed by atoms with Crippen molar-refractivity contribution in [3.8, 4) is 5.75 Å². The fourth-order valence-corrected chi connectivity index (χ4v) is 1.90. The van der Waals surface area contributed by atoms with Crippen LogP contribution in [0.3, 0.4) is 0 Å². The molecule has 0 amide bonds. The molecule has 0 fully saturated rings. The summed E-state index contributed by atoms with van der Waals surface area (Å²) in [4.78, 5) is 16.2. The lowest BCUT2D eigenvalue weighted by Gasteiger charge is -2.16. The van der Waals surface area contributed by atoms with Crippen molar-refractivity contribution in [2.24, 2.45) is 0 Å². The molecule has 0 saturated heterocycles. The van der Waals surface area contributed by atoms with Crippen LogP contribution in [0, 0.1) is 0 Å². The van der Waals surface area contributed by atoms with E-state index < -0.39 is 6.10 Å². The normalized spacial score (nSPS) is 11.9. The van der Waals surface area contributed by atoms with Gasteiger partial charge >= 0.3 is 0 Å². The molecule has 0 N–H and O–H groups in total. The zero-order valence-electron chi connectivity index (χ0n) is 10.5. The molecule has 0 saturated carbocycles. The summed E-state index contributed by atoms with van der Waals surface area (Å²) in [5, 5.41) is 0.584. The first-order chi connectivity index (χ1) is 9.20. The average molecular weight is 276 g/mol. The molecule has 3 nitrogen and oxygen atoms in total. The summed E-state index contributed by atoms with van der Waals surface area (Å²) in [6, 6.07) is 10.5. The molecule has 98 valence electrons. The van der Waals surface area contributed by atoms with Gasteiger partial charge in [0.05, 0.1) is 0 Å².